The van der Waals surface area contributed by atoms with Gasteiger partial charge in [0.05, 0.1) is 0 Å². The predicted octanol–water partition coefficient (Wildman–Crippen LogP) is 2.37. The number of hydrogen-bond donors (Lipinski definition) is 0. The molecule has 0 N–H and O–H groups in total. The molecule has 0 aromatic rings. The maximum Gasteiger partial charge on any atom is 0.0126 e. The summed E-state index contributed by atoms with van der Waals surface area (Å²) in [5, 5.41) is 0. The SMILES string of the molecule is CCN(CC)[C@H]1CC(C)C1C. The highest BCUT2D eigenvalue weighted by molar-refractivity contribution is 4.90. The van der Waals surface area contributed by atoms with Crippen LogP contribution in [-0.2, 0) is 0 Å². The van der Waals surface area contributed by atoms with Gasteiger partial charge in [-0.25, -0.2) is 0 Å². The molecule has 66 valence electrons. The molecule has 0 aliphatic heterocycles. The second-order valence-corrected chi connectivity index (χ2v) is 3.86. The Kier molecular flexibility index (Phi) is 2.94. The van der Waals surface area contributed by atoms with Crippen molar-refractivity contribution in [1.29, 1.82) is 0 Å². The van der Waals surface area contributed by atoms with E-state index in [1.54, 1.807) is 0 Å². The van der Waals surface area contributed by atoms with Crippen LogP contribution in [0.15, 0.2) is 0 Å². The van der Waals surface area contributed by atoms with Gasteiger partial charge in [0, 0.05) is 6.04 Å². The molecule has 0 bridgehead atoms. The molecule has 0 spiro atoms. The van der Waals surface area contributed by atoms with Crippen LogP contribution in [0.4, 0.5) is 0 Å². The monoisotopic (exact) mass is 155 g/mol. The summed E-state index contributed by atoms with van der Waals surface area (Å²) in [5.41, 5.74) is 0. The molecule has 0 aromatic carbocycles. The minimum atomic E-state index is 0.889. The van der Waals surface area contributed by atoms with E-state index in [1.807, 2.05) is 0 Å². The Morgan fingerprint density at radius 1 is 1.18 bits per heavy atom. The lowest BCUT2D eigenvalue weighted by atomic mass is 9.71. The number of rotatable bonds is 3. The van der Waals surface area contributed by atoms with Gasteiger partial charge in [0.2, 0.25) is 0 Å². The Labute approximate surface area is 70.8 Å². The summed E-state index contributed by atoms with van der Waals surface area (Å²) in [6.45, 7) is 11.7. The van der Waals surface area contributed by atoms with Crippen LogP contribution < -0.4 is 0 Å². The minimum Gasteiger partial charge on any atom is -0.301 e. The lowest BCUT2D eigenvalue weighted by Gasteiger charge is -2.47. The van der Waals surface area contributed by atoms with Crippen molar-refractivity contribution in [2.75, 3.05) is 13.1 Å². The molecule has 0 aromatic heterocycles. The van der Waals surface area contributed by atoms with Crippen LogP contribution in [0.1, 0.15) is 34.1 Å². The van der Waals surface area contributed by atoms with Gasteiger partial charge in [0.1, 0.15) is 0 Å². The normalized spacial score (nSPS) is 37.4. The van der Waals surface area contributed by atoms with Crippen molar-refractivity contribution in [3.05, 3.63) is 0 Å². The van der Waals surface area contributed by atoms with Crippen LogP contribution in [-0.4, -0.2) is 24.0 Å². The number of nitrogens with zero attached hydrogens (tertiary/aromatic N) is 1. The summed E-state index contributed by atoms with van der Waals surface area (Å²) < 4.78 is 0. The van der Waals surface area contributed by atoms with Crippen LogP contribution >= 0.6 is 0 Å². The lowest BCUT2D eigenvalue weighted by Crippen LogP contribution is -2.50. The van der Waals surface area contributed by atoms with Crippen LogP contribution in [0.5, 0.6) is 0 Å². The van der Waals surface area contributed by atoms with Gasteiger partial charge in [0.15, 0.2) is 0 Å². The molecule has 1 heteroatoms. The number of hydrogen-bond acceptors (Lipinski definition) is 1. The van der Waals surface area contributed by atoms with Crippen LogP contribution in [0, 0.1) is 11.8 Å². The van der Waals surface area contributed by atoms with Crippen LogP contribution in [0.3, 0.4) is 0 Å². The highest BCUT2D eigenvalue weighted by atomic mass is 15.2. The molecule has 1 aliphatic carbocycles. The van der Waals surface area contributed by atoms with Crippen LogP contribution in [0.25, 0.3) is 0 Å². The molecule has 1 saturated carbocycles. The van der Waals surface area contributed by atoms with Crippen molar-refractivity contribution < 1.29 is 0 Å². The first-order valence-corrected chi connectivity index (χ1v) is 4.94. The molecule has 1 aliphatic rings. The first-order chi connectivity index (χ1) is 5.20. The largest absolute Gasteiger partial charge is 0.301 e. The average Bonchev–Trinajstić information content (AvgIpc) is 2.05. The molecule has 0 amide bonds. The van der Waals surface area contributed by atoms with E-state index in [1.165, 1.54) is 19.5 Å². The van der Waals surface area contributed by atoms with Gasteiger partial charge >= 0.3 is 0 Å². The Morgan fingerprint density at radius 3 is 2.00 bits per heavy atom. The Bertz CT molecular complexity index is 118. The van der Waals surface area contributed by atoms with Gasteiger partial charge < -0.3 is 4.90 Å². The molecule has 2 unspecified atom stereocenters. The summed E-state index contributed by atoms with van der Waals surface area (Å²) >= 11 is 0. The van der Waals surface area contributed by atoms with E-state index in [0.29, 0.717) is 0 Å². The maximum atomic E-state index is 2.59. The summed E-state index contributed by atoms with van der Waals surface area (Å²) in [6.07, 6.45) is 1.42. The van der Waals surface area contributed by atoms with Crippen molar-refractivity contribution in [3.63, 3.8) is 0 Å². The van der Waals surface area contributed by atoms with E-state index in [2.05, 4.69) is 32.6 Å². The fraction of sp³-hybridized carbons (Fsp3) is 1.00. The quantitative estimate of drug-likeness (QED) is 0.605. The minimum absolute atomic E-state index is 0.889. The molecular weight excluding hydrogens is 134 g/mol. The fourth-order valence-corrected chi connectivity index (χ4v) is 2.17. The first-order valence-electron chi connectivity index (χ1n) is 4.94. The third kappa shape index (κ3) is 1.58. The molecule has 0 heterocycles. The Hall–Kier alpha value is -0.0400. The van der Waals surface area contributed by atoms with Crippen LogP contribution in [0.2, 0.25) is 0 Å². The zero-order valence-corrected chi connectivity index (χ0v) is 8.30. The van der Waals surface area contributed by atoms with E-state index >= 15 is 0 Å². The molecule has 0 radical (unpaired) electrons. The lowest BCUT2D eigenvalue weighted by molar-refractivity contribution is 0.0296. The van der Waals surface area contributed by atoms with Gasteiger partial charge in [-0.2, -0.15) is 0 Å². The smallest absolute Gasteiger partial charge is 0.0126 e. The van der Waals surface area contributed by atoms with E-state index in [0.717, 1.165) is 17.9 Å². The average molecular weight is 155 g/mol. The maximum absolute atomic E-state index is 2.59. The van der Waals surface area contributed by atoms with Crippen molar-refractivity contribution in [1.82, 2.24) is 4.90 Å². The fourth-order valence-electron chi connectivity index (χ4n) is 2.17. The molecule has 1 nitrogen and oxygen atoms in total. The van der Waals surface area contributed by atoms with Crippen molar-refractivity contribution >= 4 is 0 Å². The van der Waals surface area contributed by atoms with Gasteiger partial charge in [-0.3, -0.25) is 0 Å². The standard InChI is InChI=1S/C10H21N/c1-5-11(6-2)10-7-8(3)9(10)4/h8-10H,5-7H2,1-4H3/t8?,9?,10-/m0/s1. The Balaban J connectivity index is 2.36. The summed E-state index contributed by atoms with van der Waals surface area (Å²) in [6, 6.07) is 0.889. The summed E-state index contributed by atoms with van der Waals surface area (Å²) in [7, 11) is 0. The molecule has 3 atom stereocenters. The molecule has 11 heavy (non-hydrogen) atoms. The van der Waals surface area contributed by atoms with Gasteiger partial charge in [-0.05, 0) is 31.3 Å². The first kappa shape index (κ1) is 9.05. The molecule has 1 fully saturated rings. The highest BCUT2D eigenvalue weighted by Gasteiger charge is 2.36. The third-order valence-corrected chi connectivity index (χ3v) is 3.40. The third-order valence-electron chi connectivity index (χ3n) is 3.40. The second-order valence-electron chi connectivity index (χ2n) is 3.86. The topological polar surface area (TPSA) is 3.24 Å². The zero-order chi connectivity index (χ0) is 8.43. The van der Waals surface area contributed by atoms with Gasteiger partial charge in [-0.15, -0.1) is 0 Å². The van der Waals surface area contributed by atoms with Gasteiger partial charge in [-0.1, -0.05) is 27.7 Å². The van der Waals surface area contributed by atoms with E-state index in [4.69, 9.17) is 0 Å². The highest BCUT2D eigenvalue weighted by Crippen LogP contribution is 2.37. The molecular formula is C10H21N. The van der Waals surface area contributed by atoms with Crippen molar-refractivity contribution in [3.8, 4) is 0 Å². The van der Waals surface area contributed by atoms with Gasteiger partial charge in [0.25, 0.3) is 0 Å². The van der Waals surface area contributed by atoms with E-state index < -0.39 is 0 Å². The molecule has 0 saturated heterocycles. The van der Waals surface area contributed by atoms with Crippen molar-refractivity contribution in [2.24, 2.45) is 11.8 Å². The van der Waals surface area contributed by atoms with E-state index in [9.17, 15) is 0 Å². The Morgan fingerprint density at radius 2 is 1.73 bits per heavy atom. The van der Waals surface area contributed by atoms with Crippen molar-refractivity contribution in [2.45, 2.75) is 40.2 Å². The predicted molar refractivity (Wildman–Crippen MR) is 49.7 cm³/mol. The zero-order valence-electron chi connectivity index (χ0n) is 8.30. The summed E-state index contributed by atoms with van der Waals surface area (Å²) in [4.78, 5) is 2.59. The second kappa shape index (κ2) is 3.57. The molecule has 1 rings (SSSR count). The van der Waals surface area contributed by atoms with E-state index in [-0.39, 0.29) is 0 Å². The summed E-state index contributed by atoms with van der Waals surface area (Å²) in [5.74, 6) is 1.88.